The summed E-state index contributed by atoms with van der Waals surface area (Å²) in [5, 5.41) is 25.2. The molecule has 27 rings (SSSR count). The number of rotatable bonds is 10. The van der Waals surface area contributed by atoms with Crippen LogP contribution >= 0.6 is 15.9 Å². The number of benzene rings is 24. The van der Waals surface area contributed by atoms with Crippen LogP contribution in [0, 0.1) is 0 Å². The molecule has 0 atom stereocenters. The predicted octanol–water partition coefficient (Wildman–Crippen LogP) is 37.3. The standard InChI is InChI=1S/C65H44.C49H33Br.C22H23BO2/c1-65(2)59-30-16-15-20-48(59)49-38-37-46(40-60(49)65)63-53-24-9-7-22-51(53)61(52-23-8-10-25-54(52)63)42-32-34-43(35-33-42)62-55-26-11-13-28-57(55)64(58-29-14-12-27-56(58)62)50-21-6-5-19-47(50)45-36-31-41-17-3-4-18-44(41)39-45;1-49(2)43-22-12-11-13-33(43)34-28-27-32(29-44(34)49)47-37-16-5-3-14-35(37)45(36-15-4-6-17-38(36)47)30-23-25-31(26-24-30)46-39-18-7-9-20-41(39)48(50)42-21-10-8-19-40(42)46;1-21(2)22(3,4)25-23(24-21)20-12-8-7-11-19(20)18-14-13-16-9-5-6-10-17(16)15-18/h3-40H,1-2H3;3-29H,1-2H3;5-15H,1-4H3. The minimum atomic E-state index is -0.354. The van der Waals surface area contributed by atoms with Crippen LogP contribution < -0.4 is 5.46 Å². The van der Waals surface area contributed by atoms with Crippen molar-refractivity contribution in [1.29, 1.82) is 0 Å². The van der Waals surface area contributed by atoms with Gasteiger partial charge in [0.2, 0.25) is 0 Å². The van der Waals surface area contributed by atoms with E-state index in [0.717, 1.165) is 15.5 Å². The third kappa shape index (κ3) is 14.1. The summed E-state index contributed by atoms with van der Waals surface area (Å²) < 4.78 is 13.7. The highest BCUT2D eigenvalue weighted by molar-refractivity contribution is 9.10. The molecule has 0 unspecified atom stereocenters. The van der Waals surface area contributed by atoms with E-state index in [-0.39, 0.29) is 29.2 Å². The van der Waals surface area contributed by atoms with E-state index in [1.807, 2.05) is 6.07 Å². The molecular weight excluding hydrogens is 1760 g/mol. The highest BCUT2D eigenvalue weighted by Crippen LogP contribution is 2.56. The first-order valence-electron chi connectivity index (χ1n) is 49.0. The summed E-state index contributed by atoms with van der Waals surface area (Å²) in [6.07, 6.45) is 0. The van der Waals surface area contributed by atoms with Crippen molar-refractivity contribution in [2.24, 2.45) is 0 Å². The molecule has 1 fully saturated rings. The molecule has 140 heavy (non-hydrogen) atoms. The number of halogens is 1. The summed E-state index contributed by atoms with van der Waals surface area (Å²) in [7, 11) is -0.354. The third-order valence-electron chi connectivity index (χ3n) is 31.1. The van der Waals surface area contributed by atoms with Crippen LogP contribution in [0.25, 0.3) is 230 Å². The molecule has 0 spiro atoms. The van der Waals surface area contributed by atoms with E-state index in [0.29, 0.717) is 0 Å². The van der Waals surface area contributed by atoms with Crippen molar-refractivity contribution in [3.05, 3.63) is 488 Å². The SMILES string of the molecule is CC1(C)OB(c2ccccc2-c2ccc3ccccc3c2)OC1(C)C.CC1(C)c2ccccc2-c2ccc(-c3c4ccccc4c(-c4ccc(-c5c6ccccc6c(-c6ccccc6-c6ccc7ccccc7c6)c6ccccc56)cc4)c4ccccc34)cc21.CC1(C)c2ccccc2-c2ccc(-c3c4ccccc4c(-c4ccc(-c5c6ccccc6c(Br)c6ccccc56)cc4)c4ccccc34)cc21. The van der Waals surface area contributed by atoms with Crippen LogP contribution in [0.15, 0.2) is 466 Å². The van der Waals surface area contributed by atoms with Crippen LogP contribution in [0.4, 0.5) is 0 Å². The van der Waals surface area contributed by atoms with Gasteiger partial charge in [0, 0.05) is 15.3 Å². The van der Waals surface area contributed by atoms with E-state index in [4.69, 9.17) is 9.31 Å². The summed E-state index contributed by atoms with van der Waals surface area (Å²) in [6, 6.07) is 170. The Labute approximate surface area is 826 Å². The van der Waals surface area contributed by atoms with E-state index in [1.54, 1.807) is 0 Å². The molecule has 3 aliphatic rings. The maximum absolute atomic E-state index is 6.28. The lowest BCUT2D eigenvalue weighted by Gasteiger charge is -2.32. The van der Waals surface area contributed by atoms with E-state index < -0.39 is 0 Å². The van der Waals surface area contributed by atoms with Crippen LogP contribution in [-0.4, -0.2) is 18.3 Å². The minimum Gasteiger partial charge on any atom is -0.399 e. The lowest BCUT2D eigenvalue weighted by Crippen LogP contribution is -2.41. The Morgan fingerprint density at radius 3 is 0.743 bits per heavy atom. The van der Waals surface area contributed by atoms with Gasteiger partial charge in [-0.15, -0.1) is 0 Å². The van der Waals surface area contributed by atoms with Gasteiger partial charge >= 0.3 is 7.12 Å². The van der Waals surface area contributed by atoms with Crippen molar-refractivity contribution in [3.63, 3.8) is 0 Å². The van der Waals surface area contributed by atoms with Crippen molar-refractivity contribution < 1.29 is 9.31 Å². The van der Waals surface area contributed by atoms with Crippen molar-refractivity contribution in [2.75, 3.05) is 0 Å². The summed E-state index contributed by atoms with van der Waals surface area (Å²) in [6.45, 7) is 17.8. The third-order valence-corrected chi connectivity index (χ3v) is 32.0. The molecule has 2 nitrogen and oxygen atoms in total. The van der Waals surface area contributed by atoms with Crippen LogP contribution in [-0.2, 0) is 20.1 Å². The summed E-state index contributed by atoms with van der Waals surface area (Å²) in [5.41, 5.74) is 33.7. The van der Waals surface area contributed by atoms with Gasteiger partial charge in [-0.2, -0.15) is 0 Å². The Bertz CT molecular complexity index is 8970. The first-order chi connectivity index (χ1) is 68.4. The lowest BCUT2D eigenvalue weighted by molar-refractivity contribution is 0.00578. The van der Waals surface area contributed by atoms with Gasteiger partial charge in [-0.05, 0) is 326 Å². The van der Waals surface area contributed by atoms with Gasteiger partial charge in [0.15, 0.2) is 0 Å². The molecule has 0 N–H and O–H groups in total. The average Bonchev–Trinajstić information content (AvgIpc) is 1.69. The highest BCUT2D eigenvalue weighted by Gasteiger charge is 2.52. The summed E-state index contributed by atoms with van der Waals surface area (Å²) in [5.74, 6) is 0. The Balaban J connectivity index is 0.000000121. The fourth-order valence-electron chi connectivity index (χ4n) is 23.5. The van der Waals surface area contributed by atoms with Gasteiger partial charge in [0.25, 0.3) is 0 Å². The van der Waals surface area contributed by atoms with Crippen molar-refractivity contribution in [3.8, 4) is 122 Å². The van der Waals surface area contributed by atoms with E-state index in [2.05, 4.69) is 526 Å². The zero-order valence-electron chi connectivity index (χ0n) is 79.7. The van der Waals surface area contributed by atoms with Gasteiger partial charge in [-0.1, -0.05) is 464 Å². The Hall–Kier alpha value is -15.7. The second kappa shape index (κ2) is 33.9. The first kappa shape index (κ1) is 86.0. The Morgan fingerprint density at radius 1 is 0.171 bits per heavy atom. The largest absolute Gasteiger partial charge is 0.495 e. The molecule has 2 aliphatic carbocycles. The Morgan fingerprint density at radius 2 is 0.400 bits per heavy atom. The molecule has 24 aromatic carbocycles. The number of hydrogen-bond donors (Lipinski definition) is 0. The van der Waals surface area contributed by atoms with Crippen LogP contribution in [0.2, 0.25) is 0 Å². The van der Waals surface area contributed by atoms with Gasteiger partial charge in [0.1, 0.15) is 0 Å². The van der Waals surface area contributed by atoms with Gasteiger partial charge in [-0.25, -0.2) is 0 Å². The Kier molecular flexibility index (Phi) is 20.8. The molecule has 1 saturated heterocycles. The average molecular weight is 1860 g/mol. The normalized spacial score (nSPS) is 14.1. The first-order valence-corrected chi connectivity index (χ1v) is 49.8. The highest BCUT2D eigenvalue weighted by atomic mass is 79.9. The number of fused-ring (bicyclic) bond motifs is 16. The van der Waals surface area contributed by atoms with Crippen LogP contribution in [0.1, 0.15) is 77.6 Å². The molecule has 0 aromatic heterocycles. The van der Waals surface area contributed by atoms with Crippen molar-refractivity contribution in [1.82, 2.24) is 0 Å². The summed E-state index contributed by atoms with van der Waals surface area (Å²) >= 11 is 3.93. The lowest BCUT2D eigenvalue weighted by atomic mass is 9.74. The van der Waals surface area contributed by atoms with Gasteiger partial charge < -0.3 is 9.31 Å². The van der Waals surface area contributed by atoms with Crippen molar-refractivity contribution in [2.45, 2.75) is 77.4 Å². The van der Waals surface area contributed by atoms with Crippen LogP contribution in [0.3, 0.4) is 0 Å². The molecule has 666 valence electrons. The second-order valence-electron chi connectivity index (χ2n) is 40.2. The smallest absolute Gasteiger partial charge is 0.399 e. The molecular formula is C136H100BBrO2. The monoisotopic (exact) mass is 1850 g/mol. The van der Waals surface area contributed by atoms with E-state index in [9.17, 15) is 0 Å². The molecule has 0 saturated carbocycles. The molecule has 1 heterocycles. The molecule has 4 heteroatoms. The second-order valence-corrected chi connectivity index (χ2v) is 41.0. The molecule has 0 bridgehead atoms. The van der Waals surface area contributed by atoms with E-state index >= 15 is 0 Å². The topological polar surface area (TPSA) is 18.5 Å². The van der Waals surface area contributed by atoms with Crippen molar-refractivity contribution >= 4 is 136 Å². The molecule has 0 radical (unpaired) electrons. The molecule has 1 aliphatic heterocycles. The minimum absolute atomic E-state index is 0.0548. The van der Waals surface area contributed by atoms with E-state index in [1.165, 1.54) is 247 Å². The van der Waals surface area contributed by atoms with Crippen LogP contribution in [0.5, 0.6) is 0 Å². The van der Waals surface area contributed by atoms with Gasteiger partial charge in [0.05, 0.1) is 11.2 Å². The summed E-state index contributed by atoms with van der Waals surface area (Å²) in [4.78, 5) is 0. The fourth-order valence-corrected chi connectivity index (χ4v) is 24.2. The fraction of sp³-hybridized carbons (Fsp3) is 0.0882. The molecule has 24 aromatic rings. The maximum atomic E-state index is 6.28. The zero-order chi connectivity index (χ0) is 94.4. The maximum Gasteiger partial charge on any atom is 0.495 e. The zero-order valence-corrected chi connectivity index (χ0v) is 81.2. The quantitative estimate of drug-likeness (QED) is 0.100. The number of hydrogen-bond acceptors (Lipinski definition) is 2. The molecule has 0 amide bonds. The van der Waals surface area contributed by atoms with Gasteiger partial charge in [-0.3, -0.25) is 0 Å². The predicted molar refractivity (Wildman–Crippen MR) is 602 cm³/mol.